The second-order valence-electron chi connectivity index (χ2n) is 5.65. The van der Waals surface area contributed by atoms with Crippen molar-refractivity contribution in [1.29, 1.82) is 0 Å². The van der Waals surface area contributed by atoms with E-state index in [1.54, 1.807) is 0 Å². The third-order valence-electron chi connectivity index (χ3n) is 4.99. The second kappa shape index (κ2) is 5.68. The first kappa shape index (κ1) is 13.3. The van der Waals surface area contributed by atoms with Gasteiger partial charge in [0.25, 0.3) is 0 Å². The number of nitrogens with zero attached hydrogens (tertiary/aromatic N) is 1. The minimum absolute atomic E-state index is 0.284. The molecule has 2 rings (SSSR count). The maximum atomic E-state index is 6.17. The van der Waals surface area contributed by atoms with Gasteiger partial charge in [-0.2, -0.15) is 0 Å². The minimum Gasteiger partial charge on any atom is -0.376 e. The van der Waals surface area contributed by atoms with E-state index in [1.807, 2.05) is 0 Å². The van der Waals surface area contributed by atoms with Crippen molar-refractivity contribution in [2.75, 3.05) is 26.2 Å². The lowest BCUT2D eigenvalue weighted by atomic mass is 9.82. The largest absolute Gasteiger partial charge is 0.376 e. The van der Waals surface area contributed by atoms with E-state index in [1.165, 1.54) is 25.7 Å². The first-order valence-electron chi connectivity index (χ1n) is 7.33. The maximum Gasteiger partial charge on any atom is 0.0700 e. The average molecular weight is 240 g/mol. The Morgan fingerprint density at radius 2 is 2.18 bits per heavy atom. The van der Waals surface area contributed by atoms with Crippen LogP contribution in [0.15, 0.2) is 0 Å². The molecule has 1 aliphatic heterocycles. The molecular weight excluding hydrogens is 212 g/mol. The SMILES string of the molecule is CCC1CN(C2(CN)CCCC2CC)CCO1. The minimum atomic E-state index is 0.284. The zero-order chi connectivity index (χ0) is 12.3. The van der Waals surface area contributed by atoms with Gasteiger partial charge in [0.2, 0.25) is 0 Å². The van der Waals surface area contributed by atoms with Gasteiger partial charge in [0.15, 0.2) is 0 Å². The lowest BCUT2D eigenvalue weighted by molar-refractivity contribution is -0.0793. The van der Waals surface area contributed by atoms with Gasteiger partial charge in [0, 0.05) is 25.2 Å². The fourth-order valence-electron chi connectivity index (χ4n) is 3.90. The van der Waals surface area contributed by atoms with Crippen LogP contribution < -0.4 is 5.73 Å². The third kappa shape index (κ3) is 2.38. The van der Waals surface area contributed by atoms with Crippen LogP contribution >= 0.6 is 0 Å². The van der Waals surface area contributed by atoms with Crippen LogP contribution in [0, 0.1) is 5.92 Å². The molecule has 0 aromatic rings. The molecule has 100 valence electrons. The first-order valence-corrected chi connectivity index (χ1v) is 7.33. The molecule has 2 aliphatic rings. The predicted molar refractivity (Wildman–Crippen MR) is 71.0 cm³/mol. The lowest BCUT2D eigenvalue weighted by Gasteiger charge is -2.48. The van der Waals surface area contributed by atoms with Crippen molar-refractivity contribution in [3.05, 3.63) is 0 Å². The summed E-state index contributed by atoms with van der Waals surface area (Å²) in [7, 11) is 0. The van der Waals surface area contributed by atoms with E-state index < -0.39 is 0 Å². The van der Waals surface area contributed by atoms with Gasteiger partial charge in [0.05, 0.1) is 12.7 Å². The summed E-state index contributed by atoms with van der Waals surface area (Å²) in [6, 6.07) is 0. The van der Waals surface area contributed by atoms with Gasteiger partial charge >= 0.3 is 0 Å². The van der Waals surface area contributed by atoms with Gasteiger partial charge in [-0.15, -0.1) is 0 Å². The van der Waals surface area contributed by atoms with E-state index in [4.69, 9.17) is 10.5 Å². The van der Waals surface area contributed by atoms with Crippen LogP contribution in [0.2, 0.25) is 0 Å². The van der Waals surface area contributed by atoms with Gasteiger partial charge in [-0.05, 0) is 25.2 Å². The molecule has 17 heavy (non-hydrogen) atoms. The molecule has 2 N–H and O–H groups in total. The summed E-state index contributed by atoms with van der Waals surface area (Å²) in [5.74, 6) is 0.795. The molecule has 0 amide bonds. The Labute approximate surface area is 106 Å². The Bertz CT molecular complexity index is 246. The van der Waals surface area contributed by atoms with Gasteiger partial charge in [-0.3, -0.25) is 4.90 Å². The highest BCUT2D eigenvalue weighted by Gasteiger charge is 2.46. The summed E-state index contributed by atoms with van der Waals surface area (Å²) in [5.41, 5.74) is 6.45. The molecule has 3 unspecified atom stereocenters. The molecule has 1 saturated carbocycles. The van der Waals surface area contributed by atoms with Crippen molar-refractivity contribution >= 4 is 0 Å². The van der Waals surface area contributed by atoms with Crippen LogP contribution in [0.5, 0.6) is 0 Å². The fraction of sp³-hybridized carbons (Fsp3) is 1.00. The molecule has 1 saturated heterocycles. The standard InChI is InChI=1S/C14H28N2O/c1-3-12-6-5-7-14(12,11-15)16-8-9-17-13(4-2)10-16/h12-13H,3-11,15H2,1-2H3. The smallest absolute Gasteiger partial charge is 0.0700 e. The highest BCUT2D eigenvalue weighted by molar-refractivity contribution is 5.02. The Morgan fingerprint density at radius 1 is 1.35 bits per heavy atom. The number of morpholine rings is 1. The van der Waals surface area contributed by atoms with E-state index in [0.29, 0.717) is 6.10 Å². The van der Waals surface area contributed by atoms with Crippen molar-refractivity contribution in [3.8, 4) is 0 Å². The number of nitrogens with two attached hydrogens (primary N) is 1. The fourth-order valence-corrected chi connectivity index (χ4v) is 3.90. The molecule has 0 aromatic carbocycles. The van der Waals surface area contributed by atoms with Crippen LogP contribution in [0.25, 0.3) is 0 Å². The Hall–Kier alpha value is -0.120. The van der Waals surface area contributed by atoms with Crippen molar-refractivity contribution < 1.29 is 4.74 Å². The molecule has 3 atom stereocenters. The highest BCUT2D eigenvalue weighted by Crippen LogP contribution is 2.42. The summed E-state index contributed by atoms with van der Waals surface area (Å²) in [6.07, 6.45) is 6.81. The zero-order valence-corrected chi connectivity index (χ0v) is 11.5. The molecule has 3 heteroatoms. The highest BCUT2D eigenvalue weighted by atomic mass is 16.5. The monoisotopic (exact) mass is 240 g/mol. The van der Waals surface area contributed by atoms with Crippen molar-refractivity contribution in [1.82, 2.24) is 4.90 Å². The van der Waals surface area contributed by atoms with E-state index in [-0.39, 0.29) is 5.54 Å². The van der Waals surface area contributed by atoms with E-state index in [9.17, 15) is 0 Å². The molecule has 0 spiro atoms. The Morgan fingerprint density at radius 3 is 2.82 bits per heavy atom. The molecular formula is C14H28N2O. The molecule has 3 nitrogen and oxygen atoms in total. The van der Waals surface area contributed by atoms with Crippen LogP contribution in [0.3, 0.4) is 0 Å². The summed E-state index contributed by atoms with van der Waals surface area (Å²) >= 11 is 0. The van der Waals surface area contributed by atoms with Crippen molar-refractivity contribution in [3.63, 3.8) is 0 Å². The first-order chi connectivity index (χ1) is 8.26. The molecule has 1 aliphatic carbocycles. The van der Waals surface area contributed by atoms with Crippen LogP contribution in [-0.4, -0.2) is 42.8 Å². The molecule has 0 radical (unpaired) electrons. The average Bonchev–Trinajstić information content (AvgIpc) is 2.82. The number of ether oxygens (including phenoxy) is 1. The number of rotatable bonds is 4. The Balaban J connectivity index is 2.11. The van der Waals surface area contributed by atoms with Crippen molar-refractivity contribution in [2.24, 2.45) is 11.7 Å². The molecule has 1 heterocycles. The topological polar surface area (TPSA) is 38.5 Å². The normalized spacial score (nSPS) is 39.7. The second-order valence-corrected chi connectivity index (χ2v) is 5.65. The van der Waals surface area contributed by atoms with E-state index >= 15 is 0 Å². The van der Waals surface area contributed by atoms with Gasteiger partial charge in [-0.1, -0.05) is 26.7 Å². The van der Waals surface area contributed by atoms with Crippen LogP contribution in [0.1, 0.15) is 46.0 Å². The van der Waals surface area contributed by atoms with E-state index in [0.717, 1.165) is 38.6 Å². The maximum absolute atomic E-state index is 6.17. The van der Waals surface area contributed by atoms with Gasteiger partial charge in [-0.25, -0.2) is 0 Å². The number of hydrogen-bond donors (Lipinski definition) is 1. The summed E-state index contributed by atoms with van der Waals surface area (Å²) < 4.78 is 5.79. The lowest BCUT2D eigenvalue weighted by Crippen LogP contribution is -2.61. The van der Waals surface area contributed by atoms with Crippen LogP contribution in [0.4, 0.5) is 0 Å². The molecule has 0 bridgehead atoms. The summed E-state index contributed by atoms with van der Waals surface area (Å²) in [6.45, 7) is 8.40. The molecule has 0 aromatic heterocycles. The predicted octanol–water partition coefficient (Wildman–Crippen LogP) is 2.00. The quantitative estimate of drug-likeness (QED) is 0.817. The zero-order valence-electron chi connectivity index (χ0n) is 11.5. The van der Waals surface area contributed by atoms with Crippen LogP contribution in [-0.2, 0) is 4.74 Å². The van der Waals surface area contributed by atoms with Gasteiger partial charge < -0.3 is 10.5 Å². The van der Waals surface area contributed by atoms with Gasteiger partial charge in [0.1, 0.15) is 0 Å². The molecule has 2 fully saturated rings. The van der Waals surface area contributed by atoms with Crippen molar-refractivity contribution in [2.45, 2.75) is 57.6 Å². The summed E-state index contributed by atoms with van der Waals surface area (Å²) in [5, 5.41) is 0. The number of hydrogen-bond acceptors (Lipinski definition) is 3. The third-order valence-corrected chi connectivity index (χ3v) is 4.99. The van der Waals surface area contributed by atoms with E-state index in [2.05, 4.69) is 18.7 Å². The Kier molecular flexibility index (Phi) is 4.45. The summed E-state index contributed by atoms with van der Waals surface area (Å²) in [4.78, 5) is 2.66.